The molecule has 0 radical (unpaired) electrons. The highest BCUT2D eigenvalue weighted by Gasteiger charge is 2.46. The van der Waals surface area contributed by atoms with Gasteiger partial charge in [-0.3, -0.25) is 0 Å². The Kier molecular flexibility index (Phi) is 5.71. The van der Waals surface area contributed by atoms with E-state index in [1.165, 1.54) is 0 Å². The van der Waals surface area contributed by atoms with Gasteiger partial charge in [-0.15, -0.1) is 0 Å². The number of aliphatic hydroxyl groups excluding tert-OH is 4. The van der Waals surface area contributed by atoms with Gasteiger partial charge in [-0.05, 0) is 18.2 Å². The molecule has 33 heavy (non-hydrogen) atoms. The summed E-state index contributed by atoms with van der Waals surface area (Å²) >= 11 is 0. The number of ether oxygens (including phenoxy) is 6. The molecule has 0 amide bonds. The van der Waals surface area contributed by atoms with Gasteiger partial charge in [0.15, 0.2) is 11.5 Å². The maximum absolute atomic E-state index is 10.2. The first-order chi connectivity index (χ1) is 16.0. The molecule has 2 aromatic rings. The standard InChI is InChI=1S/C23H26O10/c1-28-14-6-5-11-13-9-30-15-7-10(3-4-12(15)20(13)33-21(11)22(14)29-2)31-23-19(27)18(26)17(25)16(8-24)32-23/h3-7,13,16-20,23-27H,8-9H2,1-2H3/t13?,16?,17-,18+,19?,20?,23-/m1/s1. The number of methoxy groups -OCH3 is 2. The summed E-state index contributed by atoms with van der Waals surface area (Å²) < 4.78 is 34.3. The van der Waals surface area contributed by atoms with Crippen molar-refractivity contribution in [2.45, 2.75) is 42.7 Å². The van der Waals surface area contributed by atoms with E-state index in [9.17, 15) is 20.4 Å². The summed E-state index contributed by atoms with van der Waals surface area (Å²) in [6.07, 6.45) is -7.09. The zero-order chi connectivity index (χ0) is 23.3. The minimum absolute atomic E-state index is 0.0236. The molecule has 3 aliphatic heterocycles. The summed E-state index contributed by atoms with van der Waals surface area (Å²) in [4.78, 5) is 0. The van der Waals surface area contributed by atoms with Crippen molar-refractivity contribution >= 4 is 0 Å². The highest BCUT2D eigenvalue weighted by atomic mass is 16.7. The molecule has 2 aromatic carbocycles. The van der Waals surface area contributed by atoms with Crippen LogP contribution >= 0.6 is 0 Å². The van der Waals surface area contributed by atoms with E-state index in [0.717, 1.165) is 11.1 Å². The van der Waals surface area contributed by atoms with Crippen LogP contribution in [0, 0.1) is 0 Å². The van der Waals surface area contributed by atoms with E-state index in [1.54, 1.807) is 32.4 Å². The molecule has 3 heterocycles. The lowest BCUT2D eigenvalue weighted by Gasteiger charge is -2.39. The molecule has 1 saturated heterocycles. The third kappa shape index (κ3) is 3.54. The smallest absolute Gasteiger partial charge is 0.229 e. The Morgan fingerprint density at radius 1 is 0.970 bits per heavy atom. The number of aliphatic hydroxyl groups is 4. The van der Waals surface area contributed by atoms with E-state index in [4.69, 9.17) is 28.4 Å². The van der Waals surface area contributed by atoms with Crippen molar-refractivity contribution in [2.24, 2.45) is 0 Å². The Hall–Kier alpha value is -2.76. The third-order valence-electron chi connectivity index (χ3n) is 6.35. The molecule has 0 saturated carbocycles. The van der Waals surface area contributed by atoms with Crippen molar-refractivity contribution in [2.75, 3.05) is 27.4 Å². The second-order valence-electron chi connectivity index (χ2n) is 8.19. The molecule has 1 fully saturated rings. The summed E-state index contributed by atoms with van der Waals surface area (Å²) in [5.41, 5.74) is 1.80. The average Bonchev–Trinajstić information content (AvgIpc) is 3.22. The van der Waals surface area contributed by atoms with Gasteiger partial charge in [0.05, 0.1) is 33.4 Å². The summed E-state index contributed by atoms with van der Waals surface area (Å²) in [5.74, 6) is 2.60. The van der Waals surface area contributed by atoms with Crippen LogP contribution in [0.2, 0.25) is 0 Å². The molecule has 0 aromatic heterocycles. The monoisotopic (exact) mass is 462 g/mol. The predicted octanol–water partition coefficient (Wildman–Crippen LogP) is 0.492. The van der Waals surface area contributed by atoms with Gasteiger partial charge in [-0.25, -0.2) is 0 Å². The summed E-state index contributed by atoms with van der Waals surface area (Å²) in [6.45, 7) is -0.156. The second kappa shape index (κ2) is 8.54. The van der Waals surface area contributed by atoms with Crippen LogP contribution in [0.4, 0.5) is 0 Å². The normalized spacial score (nSPS) is 32.0. The molecular formula is C23H26O10. The van der Waals surface area contributed by atoms with Crippen molar-refractivity contribution in [1.82, 2.24) is 0 Å². The van der Waals surface area contributed by atoms with Crippen molar-refractivity contribution in [3.8, 4) is 28.7 Å². The van der Waals surface area contributed by atoms with Crippen LogP contribution in [0.1, 0.15) is 23.1 Å². The van der Waals surface area contributed by atoms with Crippen LogP contribution in [0.25, 0.3) is 0 Å². The van der Waals surface area contributed by atoms with Gasteiger partial charge >= 0.3 is 0 Å². The molecule has 4 unspecified atom stereocenters. The summed E-state index contributed by atoms with van der Waals surface area (Å²) in [6, 6.07) is 8.93. The minimum Gasteiger partial charge on any atom is -0.493 e. The Morgan fingerprint density at radius 3 is 2.48 bits per heavy atom. The van der Waals surface area contributed by atoms with Gasteiger partial charge in [0.25, 0.3) is 0 Å². The molecule has 7 atom stereocenters. The van der Waals surface area contributed by atoms with E-state index in [1.807, 2.05) is 12.1 Å². The van der Waals surface area contributed by atoms with Gasteiger partial charge in [0, 0.05) is 17.2 Å². The molecule has 178 valence electrons. The summed E-state index contributed by atoms with van der Waals surface area (Å²) in [7, 11) is 3.14. The Morgan fingerprint density at radius 2 is 1.76 bits per heavy atom. The van der Waals surface area contributed by atoms with Gasteiger partial charge < -0.3 is 48.8 Å². The van der Waals surface area contributed by atoms with Crippen molar-refractivity contribution in [3.05, 3.63) is 41.5 Å². The lowest BCUT2D eigenvalue weighted by Crippen LogP contribution is -2.60. The van der Waals surface area contributed by atoms with Gasteiger partial charge in [0.1, 0.15) is 42.0 Å². The fourth-order valence-corrected chi connectivity index (χ4v) is 4.58. The van der Waals surface area contributed by atoms with Crippen LogP contribution in [0.3, 0.4) is 0 Å². The topological polar surface area (TPSA) is 136 Å². The molecule has 3 aliphatic rings. The minimum atomic E-state index is -1.52. The van der Waals surface area contributed by atoms with Crippen LogP contribution in [-0.2, 0) is 4.74 Å². The van der Waals surface area contributed by atoms with Crippen molar-refractivity contribution in [3.63, 3.8) is 0 Å². The van der Waals surface area contributed by atoms with E-state index >= 15 is 0 Å². The molecule has 0 spiro atoms. The first-order valence-corrected chi connectivity index (χ1v) is 10.6. The SMILES string of the molecule is COc1ccc2c(c1OC)OC1c3ccc(O[C@@H]4OC(CO)[C@@H](O)[C@H](O)C4O)cc3OCC21. The zero-order valence-electron chi connectivity index (χ0n) is 18.1. The van der Waals surface area contributed by atoms with Crippen molar-refractivity contribution in [1.29, 1.82) is 0 Å². The van der Waals surface area contributed by atoms with Crippen LogP contribution in [0.15, 0.2) is 30.3 Å². The lowest BCUT2D eigenvalue weighted by molar-refractivity contribution is -0.277. The van der Waals surface area contributed by atoms with Gasteiger partial charge in [0.2, 0.25) is 12.0 Å². The zero-order valence-corrected chi connectivity index (χ0v) is 18.1. The highest BCUT2D eigenvalue weighted by molar-refractivity contribution is 5.61. The number of rotatable bonds is 5. The Balaban J connectivity index is 1.38. The van der Waals surface area contributed by atoms with E-state index in [0.29, 0.717) is 35.4 Å². The Labute approximate surface area is 189 Å². The van der Waals surface area contributed by atoms with Gasteiger partial charge in [-0.2, -0.15) is 0 Å². The van der Waals surface area contributed by atoms with E-state index in [2.05, 4.69) is 0 Å². The number of benzene rings is 2. The van der Waals surface area contributed by atoms with Crippen LogP contribution < -0.4 is 23.7 Å². The molecule has 10 nitrogen and oxygen atoms in total. The first kappa shape index (κ1) is 22.1. The van der Waals surface area contributed by atoms with Crippen LogP contribution in [0.5, 0.6) is 28.7 Å². The molecule has 0 aliphatic carbocycles. The Bertz CT molecular complexity index is 1020. The molecular weight excluding hydrogens is 436 g/mol. The maximum atomic E-state index is 10.2. The fourth-order valence-electron chi connectivity index (χ4n) is 4.58. The fraction of sp³-hybridized carbons (Fsp3) is 0.478. The summed E-state index contributed by atoms with van der Waals surface area (Å²) in [5, 5.41) is 39.5. The molecule has 5 rings (SSSR count). The number of fused-ring (bicyclic) bond motifs is 5. The third-order valence-corrected chi connectivity index (χ3v) is 6.35. The lowest BCUT2D eigenvalue weighted by atomic mass is 9.89. The number of hydrogen-bond donors (Lipinski definition) is 4. The highest BCUT2D eigenvalue weighted by Crippen LogP contribution is 2.56. The second-order valence-corrected chi connectivity index (χ2v) is 8.19. The molecule has 10 heteroatoms. The molecule has 0 bridgehead atoms. The van der Waals surface area contributed by atoms with Crippen LogP contribution in [-0.4, -0.2) is 78.6 Å². The van der Waals surface area contributed by atoms with Crippen molar-refractivity contribution < 1.29 is 48.8 Å². The quantitative estimate of drug-likeness (QED) is 0.497. The van der Waals surface area contributed by atoms with E-state index in [-0.39, 0.29) is 12.0 Å². The largest absolute Gasteiger partial charge is 0.493 e. The van der Waals surface area contributed by atoms with Gasteiger partial charge in [-0.1, -0.05) is 6.07 Å². The predicted molar refractivity (Wildman–Crippen MR) is 112 cm³/mol. The average molecular weight is 462 g/mol. The first-order valence-electron chi connectivity index (χ1n) is 10.6. The maximum Gasteiger partial charge on any atom is 0.229 e. The van der Waals surface area contributed by atoms with E-state index < -0.39 is 37.3 Å². The number of hydrogen-bond acceptors (Lipinski definition) is 10. The molecule has 4 N–H and O–H groups in total.